The summed E-state index contributed by atoms with van der Waals surface area (Å²) < 4.78 is 10.7. The fraction of sp³-hybridized carbons (Fsp3) is 0.364. The van der Waals surface area contributed by atoms with Crippen LogP contribution >= 0.6 is 24.4 Å². The number of thiol groups is 1. The minimum Gasteiger partial charge on any atom is -0.489 e. The molecule has 0 aliphatic carbocycles. The van der Waals surface area contributed by atoms with Crippen molar-refractivity contribution in [2.24, 2.45) is 5.73 Å². The molecule has 0 spiro atoms. The average molecular weight is 449 g/mol. The Morgan fingerprint density at radius 2 is 1.97 bits per heavy atom. The summed E-state index contributed by atoms with van der Waals surface area (Å²) in [5, 5.41) is 4.64. The van der Waals surface area contributed by atoms with Crippen molar-refractivity contribution in [3.63, 3.8) is 0 Å². The van der Waals surface area contributed by atoms with Crippen molar-refractivity contribution < 1.29 is 19.1 Å². The summed E-state index contributed by atoms with van der Waals surface area (Å²) in [4.78, 5) is 25.1. The number of carbonyl (C=O) groups is 2. The first-order valence-corrected chi connectivity index (χ1v) is 11.6. The Morgan fingerprint density at radius 1 is 1.27 bits per heavy atom. The number of fused-ring (bicyclic) bond motifs is 1. The first kappa shape index (κ1) is 24.1. The van der Waals surface area contributed by atoms with E-state index in [-0.39, 0.29) is 18.6 Å². The van der Waals surface area contributed by atoms with Gasteiger partial charge in [0.25, 0.3) is 5.91 Å². The number of esters is 1. The fourth-order valence-corrected chi connectivity index (χ4v) is 3.40. The first-order valence-electron chi connectivity index (χ1n) is 9.56. The first-order chi connectivity index (χ1) is 14.5. The number of nitrogens with two attached hydrogens (primary N) is 1. The van der Waals surface area contributed by atoms with Gasteiger partial charge in [-0.3, -0.25) is 4.79 Å². The number of methoxy groups -OCH3 is 1. The Kier molecular flexibility index (Phi) is 10.1. The van der Waals surface area contributed by atoms with Gasteiger partial charge in [0, 0.05) is 11.8 Å². The number of ether oxygens (including phenoxy) is 2. The molecule has 0 heterocycles. The van der Waals surface area contributed by atoms with Gasteiger partial charge in [0.2, 0.25) is 0 Å². The number of carbonyl (C=O) groups excluding carboxylic acids is 2. The van der Waals surface area contributed by atoms with Gasteiger partial charge in [0.05, 0.1) is 12.7 Å². The molecule has 8 heteroatoms. The molecule has 0 bridgehead atoms. The summed E-state index contributed by atoms with van der Waals surface area (Å²) in [6.45, 7) is 0.257. The molecule has 0 saturated heterocycles. The second-order valence-electron chi connectivity index (χ2n) is 6.61. The van der Waals surface area contributed by atoms with E-state index < -0.39 is 12.0 Å². The third-order valence-electron chi connectivity index (χ3n) is 4.42. The van der Waals surface area contributed by atoms with Crippen LogP contribution in [0.1, 0.15) is 16.8 Å². The van der Waals surface area contributed by atoms with Crippen LogP contribution < -0.4 is 15.8 Å². The van der Waals surface area contributed by atoms with E-state index in [9.17, 15) is 9.59 Å². The van der Waals surface area contributed by atoms with E-state index in [4.69, 9.17) is 15.2 Å². The van der Waals surface area contributed by atoms with Gasteiger partial charge in [-0.1, -0.05) is 30.3 Å². The van der Waals surface area contributed by atoms with Gasteiger partial charge in [-0.05, 0) is 47.4 Å². The van der Waals surface area contributed by atoms with Crippen LogP contribution in [0.3, 0.4) is 0 Å². The highest BCUT2D eigenvalue weighted by atomic mass is 32.2. The molecule has 2 atom stereocenters. The Bertz CT molecular complexity index is 889. The van der Waals surface area contributed by atoms with Crippen LogP contribution in [0.2, 0.25) is 0 Å². The van der Waals surface area contributed by atoms with Crippen molar-refractivity contribution in [3.8, 4) is 5.75 Å². The lowest BCUT2D eigenvalue weighted by atomic mass is 10.0. The maximum atomic E-state index is 13.0. The molecule has 1 amide bonds. The van der Waals surface area contributed by atoms with Gasteiger partial charge in [-0.2, -0.15) is 24.4 Å². The summed E-state index contributed by atoms with van der Waals surface area (Å²) in [5.74, 6) is 0.832. The van der Waals surface area contributed by atoms with Crippen molar-refractivity contribution in [2.75, 3.05) is 31.5 Å². The molecule has 0 radical (unpaired) electrons. The third-order valence-corrected chi connectivity index (χ3v) is 5.49. The number of hydrogen-bond donors (Lipinski definition) is 3. The predicted molar refractivity (Wildman–Crippen MR) is 127 cm³/mol. The zero-order valence-corrected chi connectivity index (χ0v) is 18.9. The van der Waals surface area contributed by atoms with Crippen molar-refractivity contribution >= 4 is 47.0 Å². The molecular weight excluding hydrogens is 420 g/mol. The maximum Gasteiger partial charge on any atom is 0.328 e. The Morgan fingerprint density at radius 3 is 2.60 bits per heavy atom. The van der Waals surface area contributed by atoms with Crippen LogP contribution in [-0.2, 0) is 9.53 Å². The molecule has 2 unspecified atom stereocenters. The van der Waals surface area contributed by atoms with Crippen molar-refractivity contribution in [2.45, 2.75) is 18.5 Å². The predicted octanol–water partition coefficient (Wildman–Crippen LogP) is 3.06. The van der Waals surface area contributed by atoms with E-state index in [0.717, 1.165) is 16.5 Å². The number of amides is 1. The van der Waals surface area contributed by atoms with Crippen molar-refractivity contribution in [1.29, 1.82) is 0 Å². The van der Waals surface area contributed by atoms with Crippen molar-refractivity contribution in [1.82, 2.24) is 5.32 Å². The minimum absolute atomic E-state index is 0.159. The summed E-state index contributed by atoms with van der Waals surface area (Å²) in [6, 6.07) is 10.4. The molecule has 2 aromatic rings. The molecule has 3 N–H and O–H groups in total. The lowest BCUT2D eigenvalue weighted by Crippen LogP contribution is -2.42. The molecule has 0 saturated carbocycles. The summed E-state index contributed by atoms with van der Waals surface area (Å²) in [5.41, 5.74) is 6.17. The fourth-order valence-electron chi connectivity index (χ4n) is 2.81. The second-order valence-corrected chi connectivity index (χ2v) is 7.96. The van der Waals surface area contributed by atoms with Crippen LogP contribution in [-0.4, -0.2) is 55.4 Å². The minimum atomic E-state index is -0.720. The molecule has 2 rings (SSSR count). The summed E-state index contributed by atoms with van der Waals surface area (Å²) >= 11 is 5.74. The van der Waals surface area contributed by atoms with Gasteiger partial charge in [0.1, 0.15) is 18.4 Å². The van der Waals surface area contributed by atoms with Gasteiger partial charge in [0.15, 0.2) is 0 Å². The van der Waals surface area contributed by atoms with E-state index in [2.05, 4.69) is 17.9 Å². The highest BCUT2D eigenvalue weighted by Gasteiger charge is 2.23. The van der Waals surface area contributed by atoms with Gasteiger partial charge < -0.3 is 20.5 Å². The number of hydrogen-bond acceptors (Lipinski definition) is 7. The zero-order chi connectivity index (χ0) is 21.9. The SMILES string of the molecule is COC(=O)C(CCSC)NC(=O)c1cc2ccccc2cc1OCC=CC(N)CS. The molecule has 6 nitrogen and oxygen atoms in total. The molecule has 162 valence electrons. The van der Waals surface area contributed by atoms with Crippen LogP contribution in [0.4, 0.5) is 0 Å². The summed E-state index contributed by atoms with van der Waals surface area (Å²) in [7, 11) is 1.31. The Balaban J connectivity index is 2.28. The maximum absolute atomic E-state index is 13.0. The van der Waals surface area contributed by atoms with Crippen LogP contribution in [0.5, 0.6) is 5.75 Å². The molecule has 30 heavy (non-hydrogen) atoms. The standard InChI is InChI=1S/C22H28N2O4S2/c1-27-22(26)19(9-11-30-2)24-21(25)18-12-15-6-3-4-7-16(15)13-20(18)28-10-5-8-17(23)14-29/h3-8,12-13,17,19,29H,9-11,14,23H2,1-2H3,(H,24,25). The smallest absolute Gasteiger partial charge is 0.328 e. The van der Waals surface area contributed by atoms with Gasteiger partial charge in [-0.15, -0.1) is 0 Å². The third kappa shape index (κ3) is 6.97. The number of thioether (sulfide) groups is 1. The molecular formula is C22H28N2O4S2. The Labute approximate surface area is 187 Å². The van der Waals surface area contributed by atoms with Gasteiger partial charge in [-0.25, -0.2) is 4.79 Å². The lowest BCUT2D eigenvalue weighted by Gasteiger charge is -2.18. The topological polar surface area (TPSA) is 90.6 Å². The number of benzene rings is 2. The van der Waals surface area contributed by atoms with E-state index in [1.807, 2.05) is 42.7 Å². The highest BCUT2D eigenvalue weighted by Crippen LogP contribution is 2.26. The number of nitrogens with one attached hydrogen (secondary N) is 1. The lowest BCUT2D eigenvalue weighted by molar-refractivity contribution is -0.142. The largest absolute Gasteiger partial charge is 0.489 e. The molecule has 0 fully saturated rings. The molecule has 0 aromatic heterocycles. The van der Waals surface area contributed by atoms with E-state index >= 15 is 0 Å². The highest BCUT2D eigenvalue weighted by molar-refractivity contribution is 7.98. The van der Waals surface area contributed by atoms with Crippen LogP contribution in [0, 0.1) is 0 Å². The average Bonchev–Trinajstić information content (AvgIpc) is 2.77. The Hall–Kier alpha value is -2.16. The van der Waals surface area contributed by atoms with Gasteiger partial charge >= 0.3 is 5.97 Å². The van der Waals surface area contributed by atoms with E-state index in [0.29, 0.717) is 23.5 Å². The monoisotopic (exact) mass is 448 g/mol. The van der Waals surface area contributed by atoms with E-state index in [1.165, 1.54) is 7.11 Å². The number of rotatable bonds is 11. The molecule has 0 aliphatic rings. The van der Waals surface area contributed by atoms with E-state index in [1.54, 1.807) is 23.9 Å². The zero-order valence-electron chi connectivity index (χ0n) is 17.2. The quantitative estimate of drug-likeness (QED) is 0.278. The van der Waals surface area contributed by atoms with Crippen LogP contribution in [0.15, 0.2) is 48.6 Å². The normalized spacial score (nSPS) is 13.2. The summed E-state index contributed by atoms with van der Waals surface area (Å²) in [6.07, 6.45) is 6.03. The van der Waals surface area contributed by atoms with Crippen molar-refractivity contribution in [3.05, 3.63) is 54.1 Å². The van der Waals surface area contributed by atoms with Crippen LogP contribution in [0.25, 0.3) is 10.8 Å². The molecule has 0 aliphatic heterocycles. The second kappa shape index (κ2) is 12.5. The molecule has 2 aromatic carbocycles.